The van der Waals surface area contributed by atoms with Gasteiger partial charge in [-0.05, 0) is 11.1 Å². The van der Waals surface area contributed by atoms with Gasteiger partial charge in [0, 0.05) is 6.04 Å². The van der Waals surface area contributed by atoms with Crippen molar-refractivity contribution in [2.45, 2.75) is 12.5 Å². The lowest BCUT2D eigenvalue weighted by molar-refractivity contribution is 0.748. The summed E-state index contributed by atoms with van der Waals surface area (Å²) >= 11 is 0. The topological polar surface area (TPSA) is 49.8 Å². The third kappa shape index (κ3) is 2.43. The first-order valence-electron chi connectivity index (χ1n) is 4.13. The Balaban J connectivity index is 2.80. The molecule has 2 N–H and O–H groups in total. The summed E-state index contributed by atoms with van der Waals surface area (Å²) in [5.41, 5.74) is 7.80. The maximum Gasteiger partial charge on any atom is 0.0641 e. The van der Waals surface area contributed by atoms with E-state index in [1.165, 1.54) is 0 Å². The molecule has 2 heteroatoms. The number of nitriles is 1. The van der Waals surface area contributed by atoms with Gasteiger partial charge in [-0.15, -0.1) is 0 Å². The standard InChI is InChI=1S/C11H12N2/c1-2-9-3-5-10(6-4-9)11(13)7-8-12/h2-6,11H,1,7,13H2/t11-/m1/s1. The number of nitrogens with zero attached hydrogens (tertiary/aromatic N) is 1. The van der Waals surface area contributed by atoms with Crippen LogP contribution in [0.3, 0.4) is 0 Å². The second-order valence-electron chi connectivity index (χ2n) is 2.84. The highest BCUT2D eigenvalue weighted by Gasteiger charge is 2.03. The number of benzene rings is 1. The van der Waals surface area contributed by atoms with Gasteiger partial charge in [-0.1, -0.05) is 36.9 Å². The minimum absolute atomic E-state index is 0.177. The van der Waals surface area contributed by atoms with Gasteiger partial charge in [0.05, 0.1) is 12.5 Å². The Hall–Kier alpha value is -1.59. The van der Waals surface area contributed by atoms with Gasteiger partial charge in [0.2, 0.25) is 0 Å². The van der Waals surface area contributed by atoms with Crippen LogP contribution in [-0.2, 0) is 0 Å². The van der Waals surface area contributed by atoms with E-state index in [1.807, 2.05) is 30.3 Å². The van der Waals surface area contributed by atoms with E-state index < -0.39 is 0 Å². The largest absolute Gasteiger partial charge is 0.323 e. The van der Waals surface area contributed by atoms with E-state index in [4.69, 9.17) is 11.0 Å². The lowest BCUT2D eigenvalue weighted by Gasteiger charge is -2.07. The van der Waals surface area contributed by atoms with Crippen molar-refractivity contribution in [2.75, 3.05) is 0 Å². The van der Waals surface area contributed by atoms with E-state index in [-0.39, 0.29) is 6.04 Å². The molecular formula is C11H12N2. The molecular weight excluding hydrogens is 160 g/mol. The highest BCUT2D eigenvalue weighted by atomic mass is 14.6. The number of hydrogen-bond donors (Lipinski definition) is 1. The van der Waals surface area contributed by atoms with Crippen LogP contribution in [-0.4, -0.2) is 0 Å². The zero-order valence-electron chi connectivity index (χ0n) is 7.40. The van der Waals surface area contributed by atoms with Gasteiger partial charge in [-0.2, -0.15) is 5.26 Å². The predicted molar refractivity (Wildman–Crippen MR) is 53.7 cm³/mol. The molecule has 0 radical (unpaired) electrons. The lowest BCUT2D eigenvalue weighted by Crippen LogP contribution is -2.08. The van der Waals surface area contributed by atoms with Crippen LogP contribution in [0.4, 0.5) is 0 Å². The van der Waals surface area contributed by atoms with Crippen LogP contribution in [0.2, 0.25) is 0 Å². The summed E-state index contributed by atoms with van der Waals surface area (Å²) in [5, 5.41) is 8.45. The Bertz CT molecular complexity index is 319. The molecule has 0 bridgehead atoms. The van der Waals surface area contributed by atoms with Crippen molar-refractivity contribution in [2.24, 2.45) is 5.73 Å². The van der Waals surface area contributed by atoms with Crippen molar-refractivity contribution < 1.29 is 0 Å². The molecule has 66 valence electrons. The van der Waals surface area contributed by atoms with Crippen LogP contribution >= 0.6 is 0 Å². The highest BCUT2D eigenvalue weighted by molar-refractivity contribution is 5.47. The Morgan fingerprint density at radius 3 is 2.54 bits per heavy atom. The van der Waals surface area contributed by atoms with Crippen molar-refractivity contribution in [3.8, 4) is 6.07 Å². The fraction of sp³-hybridized carbons (Fsp3) is 0.182. The molecule has 0 spiro atoms. The number of hydrogen-bond acceptors (Lipinski definition) is 2. The maximum absolute atomic E-state index is 8.45. The van der Waals surface area contributed by atoms with Crippen LogP contribution < -0.4 is 5.73 Å². The first kappa shape index (κ1) is 9.50. The third-order valence-corrected chi connectivity index (χ3v) is 1.91. The minimum atomic E-state index is -0.177. The number of nitrogens with two attached hydrogens (primary N) is 1. The molecule has 0 saturated heterocycles. The molecule has 0 aliphatic rings. The Labute approximate surface area is 78.3 Å². The highest BCUT2D eigenvalue weighted by Crippen LogP contribution is 2.14. The first-order valence-corrected chi connectivity index (χ1v) is 4.13. The average molecular weight is 172 g/mol. The van der Waals surface area contributed by atoms with E-state index in [0.29, 0.717) is 6.42 Å². The normalized spacial score (nSPS) is 11.7. The van der Waals surface area contributed by atoms with E-state index in [9.17, 15) is 0 Å². The van der Waals surface area contributed by atoms with Gasteiger partial charge in [0.15, 0.2) is 0 Å². The van der Waals surface area contributed by atoms with Crippen LogP contribution in [0.15, 0.2) is 30.8 Å². The van der Waals surface area contributed by atoms with Crippen molar-refractivity contribution in [3.63, 3.8) is 0 Å². The molecule has 1 aromatic carbocycles. The molecule has 2 nitrogen and oxygen atoms in total. The summed E-state index contributed by atoms with van der Waals surface area (Å²) in [5.74, 6) is 0. The smallest absolute Gasteiger partial charge is 0.0641 e. The Morgan fingerprint density at radius 2 is 2.08 bits per heavy atom. The van der Waals surface area contributed by atoms with E-state index in [1.54, 1.807) is 6.08 Å². The molecule has 0 aliphatic carbocycles. The third-order valence-electron chi connectivity index (χ3n) is 1.91. The minimum Gasteiger partial charge on any atom is -0.323 e. The van der Waals surface area contributed by atoms with Crippen molar-refractivity contribution >= 4 is 6.08 Å². The van der Waals surface area contributed by atoms with E-state index in [0.717, 1.165) is 11.1 Å². The molecule has 0 aliphatic heterocycles. The van der Waals surface area contributed by atoms with Gasteiger partial charge in [0.25, 0.3) is 0 Å². The second-order valence-corrected chi connectivity index (χ2v) is 2.84. The van der Waals surface area contributed by atoms with Crippen molar-refractivity contribution in [3.05, 3.63) is 42.0 Å². The fourth-order valence-corrected chi connectivity index (χ4v) is 1.10. The molecule has 13 heavy (non-hydrogen) atoms. The first-order chi connectivity index (χ1) is 6.27. The van der Waals surface area contributed by atoms with Gasteiger partial charge in [-0.3, -0.25) is 0 Å². The summed E-state index contributed by atoms with van der Waals surface area (Å²) in [6.45, 7) is 3.66. The molecule has 0 saturated carbocycles. The van der Waals surface area contributed by atoms with Gasteiger partial charge in [-0.25, -0.2) is 0 Å². The molecule has 1 aromatic rings. The van der Waals surface area contributed by atoms with Gasteiger partial charge < -0.3 is 5.73 Å². The van der Waals surface area contributed by atoms with Crippen LogP contribution in [0, 0.1) is 11.3 Å². The van der Waals surface area contributed by atoms with Crippen molar-refractivity contribution in [1.82, 2.24) is 0 Å². The zero-order valence-corrected chi connectivity index (χ0v) is 7.40. The van der Waals surface area contributed by atoms with E-state index >= 15 is 0 Å². The molecule has 0 aromatic heterocycles. The van der Waals surface area contributed by atoms with Crippen LogP contribution in [0.25, 0.3) is 6.08 Å². The monoisotopic (exact) mass is 172 g/mol. The lowest BCUT2D eigenvalue weighted by atomic mass is 10.0. The van der Waals surface area contributed by atoms with Crippen molar-refractivity contribution in [1.29, 1.82) is 5.26 Å². The summed E-state index contributed by atoms with van der Waals surface area (Å²) < 4.78 is 0. The zero-order chi connectivity index (χ0) is 9.68. The molecule has 1 rings (SSSR count). The quantitative estimate of drug-likeness (QED) is 0.760. The fourth-order valence-electron chi connectivity index (χ4n) is 1.10. The predicted octanol–water partition coefficient (Wildman–Crippen LogP) is 2.24. The molecule has 0 amide bonds. The second kappa shape index (κ2) is 4.44. The Kier molecular flexibility index (Phi) is 3.24. The number of rotatable bonds is 3. The summed E-state index contributed by atoms with van der Waals surface area (Å²) in [6, 6.07) is 9.62. The summed E-state index contributed by atoms with van der Waals surface area (Å²) in [6.07, 6.45) is 2.13. The van der Waals surface area contributed by atoms with Gasteiger partial charge in [0.1, 0.15) is 0 Å². The van der Waals surface area contributed by atoms with Crippen LogP contribution in [0.5, 0.6) is 0 Å². The summed E-state index contributed by atoms with van der Waals surface area (Å²) in [4.78, 5) is 0. The SMILES string of the molecule is C=Cc1ccc([C@H](N)CC#N)cc1. The molecule has 0 unspecified atom stereocenters. The average Bonchev–Trinajstić information content (AvgIpc) is 2.18. The molecule has 1 atom stereocenters. The molecule has 0 heterocycles. The summed E-state index contributed by atoms with van der Waals surface area (Å²) in [7, 11) is 0. The van der Waals surface area contributed by atoms with E-state index in [2.05, 4.69) is 6.58 Å². The van der Waals surface area contributed by atoms with Crippen LogP contribution in [0.1, 0.15) is 23.6 Å². The molecule has 0 fully saturated rings. The maximum atomic E-state index is 8.45. The Morgan fingerprint density at radius 1 is 1.46 bits per heavy atom. The van der Waals surface area contributed by atoms with Gasteiger partial charge >= 0.3 is 0 Å².